The van der Waals surface area contributed by atoms with E-state index in [1.54, 1.807) is 23.0 Å². The largest absolute Gasteiger partial charge is 0.394 e. The first kappa shape index (κ1) is 7.61. The van der Waals surface area contributed by atoms with Gasteiger partial charge in [0.25, 0.3) is 0 Å². The lowest BCUT2D eigenvalue weighted by atomic mass is 10.4. The molecule has 0 aromatic rings. The standard InChI is InChI=1S/C3H7IO3/c4-7-2-3(6)1-5/h3,5-6H,1-2H2. The highest BCUT2D eigenvalue weighted by atomic mass is 127. The first-order chi connectivity index (χ1) is 3.31. The van der Waals surface area contributed by atoms with E-state index in [4.69, 9.17) is 10.2 Å². The van der Waals surface area contributed by atoms with Crippen LogP contribution in [0.2, 0.25) is 0 Å². The topological polar surface area (TPSA) is 49.7 Å². The molecule has 0 aromatic heterocycles. The Morgan fingerprint density at radius 1 is 1.71 bits per heavy atom. The predicted molar refractivity (Wildman–Crippen MR) is 33.1 cm³/mol. The van der Waals surface area contributed by atoms with Crippen molar-refractivity contribution in [1.29, 1.82) is 0 Å². The predicted octanol–water partition coefficient (Wildman–Crippen LogP) is -0.294. The van der Waals surface area contributed by atoms with E-state index in [2.05, 4.69) is 3.07 Å². The van der Waals surface area contributed by atoms with Gasteiger partial charge in [-0.15, -0.1) is 0 Å². The molecule has 0 bridgehead atoms. The van der Waals surface area contributed by atoms with Crippen molar-refractivity contribution in [2.75, 3.05) is 13.2 Å². The maximum Gasteiger partial charge on any atom is 0.109 e. The summed E-state index contributed by atoms with van der Waals surface area (Å²) >= 11 is 1.65. The van der Waals surface area contributed by atoms with Crippen molar-refractivity contribution in [3.8, 4) is 0 Å². The van der Waals surface area contributed by atoms with Crippen molar-refractivity contribution < 1.29 is 13.3 Å². The number of rotatable bonds is 3. The van der Waals surface area contributed by atoms with Crippen molar-refractivity contribution >= 4 is 23.0 Å². The zero-order chi connectivity index (χ0) is 5.70. The molecule has 44 valence electrons. The molecule has 0 aromatic carbocycles. The molecular formula is C3H7IO3. The fourth-order valence-electron chi connectivity index (χ4n) is 0.125. The number of hydrogen-bond donors (Lipinski definition) is 2. The molecular weight excluding hydrogens is 211 g/mol. The summed E-state index contributed by atoms with van der Waals surface area (Å²) in [5.74, 6) is 0. The molecule has 0 fully saturated rings. The van der Waals surface area contributed by atoms with E-state index in [9.17, 15) is 0 Å². The Hall–Kier alpha value is 0.610. The molecule has 0 aliphatic carbocycles. The molecule has 2 N–H and O–H groups in total. The van der Waals surface area contributed by atoms with Gasteiger partial charge in [0.2, 0.25) is 0 Å². The van der Waals surface area contributed by atoms with Gasteiger partial charge < -0.3 is 13.3 Å². The minimum absolute atomic E-state index is 0.192. The van der Waals surface area contributed by atoms with E-state index < -0.39 is 6.10 Å². The smallest absolute Gasteiger partial charge is 0.109 e. The molecule has 0 saturated carbocycles. The Morgan fingerprint density at radius 2 is 2.29 bits per heavy atom. The third-order valence-corrected chi connectivity index (χ3v) is 0.826. The first-order valence-corrected chi connectivity index (χ1v) is 2.71. The highest BCUT2D eigenvalue weighted by Gasteiger charge is 1.97. The molecule has 0 radical (unpaired) electrons. The van der Waals surface area contributed by atoms with Crippen molar-refractivity contribution in [2.24, 2.45) is 0 Å². The summed E-state index contributed by atoms with van der Waals surface area (Å²) in [6, 6.07) is 0. The van der Waals surface area contributed by atoms with E-state index in [1.807, 2.05) is 0 Å². The fraction of sp³-hybridized carbons (Fsp3) is 1.00. The Kier molecular flexibility index (Phi) is 5.18. The number of halogens is 1. The molecule has 0 amide bonds. The van der Waals surface area contributed by atoms with Crippen LogP contribution < -0.4 is 0 Å². The third-order valence-electron chi connectivity index (χ3n) is 0.466. The number of aliphatic hydroxyl groups is 2. The van der Waals surface area contributed by atoms with Gasteiger partial charge in [-0.2, -0.15) is 0 Å². The monoisotopic (exact) mass is 218 g/mol. The van der Waals surface area contributed by atoms with E-state index in [0.29, 0.717) is 0 Å². The highest BCUT2D eigenvalue weighted by molar-refractivity contribution is 14.1. The highest BCUT2D eigenvalue weighted by Crippen LogP contribution is 1.88. The van der Waals surface area contributed by atoms with Crippen LogP contribution in [0.4, 0.5) is 0 Å². The van der Waals surface area contributed by atoms with E-state index in [-0.39, 0.29) is 13.2 Å². The van der Waals surface area contributed by atoms with Crippen molar-refractivity contribution in [3.63, 3.8) is 0 Å². The van der Waals surface area contributed by atoms with E-state index in [0.717, 1.165) is 0 Å². The average molecular weight is 218 g/mol. The Morgan fingerprint density at radius 3 is 2.43 bits per heavy atom. The van der Waals surface area contributed by atoms with Crippen LogP contribution in [0.3, 0.4) is 0 Å². The average Bonchev–Trinajstić information content (AvgIpc) is 1.68. The Labute approximate surface area is 56.0 Å². The van der Waals surface area contributed by atoms with Gasteiger partial charge in [-0.1, -0.05) is 0 Å². The molecule has 0 spiro atoms. The van der Waals surface area contributed by atoms with Crippen molar-refractivity contribution in [3.05, 3.63) is 0 Å². The van der Waals surface area contributed by atoms with Gasteiger partial charge in [-0.05, 0) is 0 Å². The molecule has 0 heterocycles. The second-order valence-electron chi connectivity index (χ2n) is 1.11. The van der Waals surface area contributed by atoms with Crippen LogP contribution in [0.1, 0.15) is 0 Å². The summed E-state index contributed by atoms with van der Waals surface area (Å²) in [5, 5.41) is 16.6. The van der Waals surface area contributed by atoms with E-state index in [1.165, 1.54) is 0 Å². The molecule has 0 aliphatic rings. The van der Waals surface area contributed by atoms with Crippen LogP contribution in [0.15, 0.2) is 0 Å². The molecule has 1 atom stereocenters. The van der Waals surface area contributed by atoms with Crippen LogP contribution in [-0.2, 0) is 3.07 Å². The molecule has 1 unspecified atom stereocenters. The normalized spacial score (nSPS) is 14.1. The maximum atomic E-state index is 8.48. The van der Waals surface area contributed by atoms with E-state index >= 15 is 0 Å². The minimum Gasteiger partial charge on any atom is -0.394 e. The zero-order valence-electron chi connectivity index (χ0n) is 3.67. The first-order valence-electron chi connectivity index (χ1n) is 1.83. The van der Waals surface area contributed by atoms with Gasteiger partial charge in [0.15, 0.2) is 0 Å². The van der Waals surface area contributed by atoms with Gasteiger partial charge in [-0.3, -0.25) is 0 Å². The van der Waals surface area contributed by atoms with Crippen LogP contribution in [0.5, 0.6) is 0 Å². The van der Waals surface area contributed by atoms with Crippen LogP contribution in [-0.4, -0.2) is 29.5 Å². The number of aliphatic hydroxyl groups excluding tert-OH is 2. The van der Waals surface area contributed by atoms with Gasteiger partial charge in [0.05, 0.1) is 13.2 Å². The Balaban J connectivity index is 2.83. The summed E-state index contributed by atoms with van der Waals surface area (Å²) < 4.78 is 4.45. The van der Waals surface area contributed by atoms with Crippen LogP contribution in [0.25, 0.3) is 0 Å². The fourth-order valence-corrected chi connectivity index (χ4v) is 0.540. The SMILES string of the molecule is OCC(O)COI. The quantitative estimate of drug-likeness (QED) is 0.639. The van der Waals surface area contributed by atoms with Gasteiger partial charge in [0.1, 0.15) is 29.1 Å². The zero-order valence-corrected chi connectivity index (χ0v) is 5.83. The lowest BCUT2D eigenvalue weighted by Gasteiger charge is -2.00. The number of hydrogen-bond acceptors (Lipinski definition) is 3. The molecule has 7 heavy (non-hydrogen) atoms. The summed E-state index contributed by atoms with van der Waals surface area (Å²) in [7, 11) is 0. The molecule has 4 heteroatoms. The molecule has 3 nitrogen and oxygen atoms in total. The van der Waals surface area contributed by atoms with Gasteiger partial charge in [0, 0.05) is 0 Å². The van der Waals surface area contributed by atoms with Crippen LogP contribution in [0, 0.1) is 0 Å². The summed E-state index contributed by atoms with van der Waals surface area (Å²) in [5.41, 5.74) is 0. The second kappa shape index (κ2) is 4.76. The summed E-state index contributed by atoms with van der Waals surface area (Å²) in [6.45, 7) is -0.0416. The minimum atomic E-state index is -0.725. The third kappa shape index (κ3) is 4.46. The maximum absolute atomic E-state index is 8.48. The lowest BCUT2D eigenvalue weighted by Crippen LogP contribution is -2.16. The second-order valence-corrected chi connectivity index (χ2v) is 1.73. The lowest BCUT2D eigenvalue weighted by molar-refractivity contribution is 0.0667. The van der Waals surface area contributed by atoms with Gasteiger partial charge >= 0.3 is 0 Å². The van der Waals surface area contributed by atoms with Crippen molar-refractivity contribution in [2.45, 2.75) is 6.10 Å². The molecule has 0 aliphatic heterocycles. The summed E-state index contributed by atoms with van der Waals surface area (Å²) in [4.78, 5) is 0. The van der Waals surface area contributed by atoms with Crippen LogP contribution >= 0.6 is 23.0 Å². The Bertz CT molecular complexity index is 41.2. The van der Waals surface area contributed by atoms with Gasteiger partial charge in [-0.25, -0.2) is 0 Å². The molecule has 0 rings (SSSR count). The van der Waals surface area contributed by atoms with Crippen molar-refractivity contribution in [1.82, 2.24) is 0 Å². The summed E-state index contributed by atoms with van der Waals surface area (Å²) in [6.07, 6.45) is -0.725. The molecule has 0 saturated heterocycles.